The van der Waals surface area contributed by atoms with E-state index in [1.54, 1.807) is 0 Å². The monoisotopic (exact) mass is 548 g/mol. The van der Waals surface area contributed by atoms with Crippen molar-refractivity contribution in [1.29, 1.82) is 0 Å². The van der Waals surface area contributed by atoms with Gasteiger partial charge in [0.25, 0.3) is 0 Å². The third-order valence-electron chi connectivity index (χ3n) is 5.13. The molecule has 0 fully saturated rings. The van der Waals surface area contributed by atoms with Crippen LogP contribution in [0.4, 0.5) is 0 Å². The van der Waals surface area contributed by atoms with Crippen molar-refractivity contribution in [2.45, 2.75) is 57.5 Å². The Morgan fingerprint density at radius 1 is 0.946 bits per heavy atom. The molecule has 3 amide bonds. The van der Waals surface area contributed by atoms with Gasteiger partial charge in [0, 0.05) is 6.42 Å². The second-order valence-corrected chi connectivity index (χ2v) is 9.77. The fraction of sp³-hybridized carbons (Fsp3) is 0.524. The summed E-state index contributed by atoms with van der Waals surface area (Å²) < 4.78 is 15.9. The van der Waals surface area contributed by atoms with E-state index < -0.39 is 74.3 Å². The van der Waals surface area contributed by atoms with Gasteiger partial charge < -0.3 is 46.8 Å². The molecule has 0 aliphatic heterocycles. The van der Waals surface area contributed by atoms with Crippen molar-refractivity contribution in [2.75, 3.05) is 6.61 Å². The van der Waals surface area contributed by atoms with Crippen LogP contribution in [0, 0.1) is 5.92 Å². The molecule has 10 N–H and O–H groups in total. The molecule has 1 aromatic carbocycles. The van der Waals surface area contributed by atoms with Crippen molar-refractivity contribution in [1.82, 2.24) is 16.0 Å². The van der Waals surface area contributed by atoms with E-state index in [0.29, 0.717) is 5.56 Å². The molecule has 1 aromatic rings. The first-order valence-corrected chi connectivity index (χ1v) is 12.6. The molecule has 0 saturated heterocycles. The van der Waals surface area contributed by atoms with E-state index in [1.165, 1.54) is 38.1 Å². The Morgan fingerprint density at radius 3 is 1.95 bits per heavy atom. The fourth-order valence-corrected chi connectivity index (χ4v) is 3.68. The molecule has 0 aromatic heterocycles. The van der Waals surface area contributed by atoms with Crippen LogP contribution in [0.15, 0.2) is 24.3 Å². The molecule has 0 bridgehead atoms. The summed E-state index contributed by atoms with van der Waals surface area (Å²) in [7, 11) is -5.14. The number of phosphoric ester groups is 1. The molecule has 5 atom stereocenters. The number of nitrogens with one attached hydrogen (secondary N) is 3. The zero-order valence-corrected chi connectivity index (χ0v) is 21.3. The first kappa shape index (κ1) is 32.0. The van der Waals surface area contributed by atoms with Gasteiger partial charge in [0.15, 0.2) is 0 Å². The average molecular weight is 548 g/mol. The van der Waals surface area contributed by atoms with Gasteiger partial charge in [-0.3, -0.25) is 18.9 Å². The number of amides is 3. The number of carbonyl (C=O) groups is 4. The van der Waals surface area contributed by atoms with E-state index in [1.807, 2.05) is 0 Å². The summed E-state index contributed by atoms with van der Waals surface area (Å²) in [4.78, 5) is 68.3. The number of aliphatic hydroxyl groups is 1. The molecule has 208 valence electrons. The molecule has 0 radical (unpaired) electrons. The van der Waals surface area contributed by atoms with Gasteiger partial charge in [0.1, 0.15) is 29.9 Å². The van der Waals surface area contributed by atoms with Crippen molar-refractivity contribution < 1.29 is 53.4 Å². The van der Waals surface area contributed by atoms with Gasteiger partial charge >= 0.3 is 13.8 Å². The number of carboxylic acid groups (broad SMARTS) is 1. The van der Waals surface area contributed by atoms with Gasteiger partial charge in [0.2, 0.25) is 17.7 Å². The Balaban J connectivity index is 3.29. The lowest BCUT2D eigenvalue weighted by molar-refractivity contribution is -0.144. The highest BCUT2D eigenvalue weighted by Crippen LogP contribution is 2.38. The average Bonchev–Trinajstić information content (AvgIpc) is 2.79. The largest absolute Gasteiger partial charge is 0.508 e. The normalized spacial score (nSPS) is 15.7. The van der Waals surface area contributed by atoms with Gasteiger partial charge in [0.05, 0.1) is 12.7 Å². The number of rotatable bonds is 14. The Hall–Kier alpha value is -3.07. The van der Waals surface area contributed by atoms with Crippen molar-refractivity contribution in [3.8, 4) is 5.75 Å². The van der Waals surface area contributed by atoms with Crippen LogP contribution in [0.5, 0.6) is 5.75 Å². The maximum Gasteiger partial charge on any atom is 0.469 e. The van der Waals surface area contributed by atoms with Crippen LogP contribution in [0.2, 0.25) is 0 Å². The molecule has 1 rings (SSSR count). The maximum atomic E-state index is 13.2. The number of nitrogens with two attached hydrogens (primary N) is 1. The Labute approximate surface area is 212 Å². The zero-order chi connectivity index (χ0) is 28.5. The van der Waals surface area contributed by atoms with E-state index in [0.717, 1.165) is 6.92 Å². The molecule has 37 heavy (non-hydrogen) atoms. The van der Waals surface area contributed by atoms with Crippen molar-refractivity contribution in [3.05, 3.63) is 29.8 Å². The summed E-state index contributed by atoms with van der Waals surface area (Å²) in [6.07, 6.45) is -1.82. The molecular formula is C21H33N4O11P. The summed E-state index contributed by atoms with van der Waals surface area (Å²) >= 11 is 0. The van der Waals surface area contributed by atoms with Crippen LogP contribution in [0.3, 0.4) is 0 Å². The number of phosphoric acid groups is 1. The molecular weight excluding hydrogens is 515 g/mol. The summed E-state index contributed by atoms with van der Waals surface area (Å²) in [5, 5.41) is 34.7. The van der Waals surface area contributed by atoms with Crippen LogP contribution < -0.4 is 21.7 Å². The molecule has 16 heteroatoms. The predicted molar refractivity (Wildman–Crippen MR) is 128 cm³/mol. The van der Waals surface area contributed by atoms with Crippen molar-refractivity contribution >= 4 is 31.5 Å². The van der Waals surface area contributed by atoms with Crippen LogP contribution >= 0.6 is 7.82 Å². The Morgan fingerprint density at radius 2 is 1.49 bits per heavy atom. The lowest BCUT2D eigenvalue weighted by Gasteiger charge is -2.29. The molecule has 0 saturated carbocycles. The highest BCUT2D eigenvalue weighted by atomic mass is 31.2. The second-order valence-electron chi connectivity index (χ2n) is 8.58. The first-order valence-electron chi connectivity index (χ1n) is 11.1. The van der Waals surface area contributed by atoms with Gasteiger partial charge in [-0.2, -0.15) is 0 Å². The van der Waals surface area contributed by atoms with E-state index in [-0.39, 0.29) is 12.2 Å². The third-order valence-corrected chi connectivity index (χ3v) is 5.73. The molecule has 0 aliphatic carbocycles. The number of aromatic hydroxyl groups is 1. The van der Waals surface area contributed by atoms with Crippen molar-refractivity contribution in [2.24, 2.45) is 11.7 Å². The lowest BCUT2D eigenvalue weighted by atomic mass is 10.0. The van der Waals surface area contributed by atoms with E-state index in [9.17, 15) is 43.7 Å². The van der Waals surface area contributed by atoms with Crippen LogP contribution in [-0.4, -0.2) is 85.7 Å². The van der Waals surface area contributed by atoms with Gasteiger partial charge in [-0.15, -0.1) is 0 Å². The zero-order valence-electron chi connectivity index (χ0n) is 20.4. The summed E-state index contributed by atoms with van der Waals surface area (Å²) in [5.74, 6) is -5.06. The van der Waals surface area contributed by atoms with Crippen LogP contribution in [0.25, 0.3) is 0 Å². The number of aliphatic hydroxyl groups excluding tert-OH is 1. The topological polar surface area (TPSA) is 258 Å². The predicted octanol–water partition coefficient (Wildman–Crippen LogP) is -2.05. The van der Waals surface area contributed by atoms with E-state index in [2.05, 4.69) is 20.5 Å². The number of phenols is 1. The summed E-state index contributed by atoms with van der Waals surface area (Å²) in [5.41, 5.74) is 5.96. The molecule has 0 spiro atoms. The number of hydrogen-bond acceptors (Lipinski definition) is 9. The summed E-state index contributed by atoms with van der Waals surface area (Å²) in [6.45, 7) is 3.36. The smallest absolute Gasteiger partial charge is 0.469 e. The lowest BCUT2D eigenvalue weighted by Crippen LogP contribution is -2.61. The number of benzene rings is 1. The molecule has 15 nitrogen and oxygen atoms in total. The minimum atomic E-state index is -5.14. The molecule has 0 unspecified atom stereocenters. The third kappa shape index (κ3) is 10.8. The van der Waals surface area contributed by atoms with Gasteiger partial charge in [-0.05, 0) is 30.5 Å². The quantitative estimate of drug-likeness (QED) is 0.114. The molecule has 0 heterocycles. The SMILES string of the molecule is CC(C)[C@H](NC(=O)[C@@H](NC(=O)[C@H](Cc1ccc(O)cc1)NC(=O)[C@@H](N)CO)[C@@H](C)OP(=O)(O)O)C(=O)O. The van der Waals surface area contributed by atoms with Gasteiger partial charge in [-0.25, -0.2) is 9.36 Å². The highest BCUT2D eigenvalue weighted by molar-refractivity contribution is 7.46. The van der Waals surface area contributed by atoms with Gasteiger partial charge in [-0.1, -0.05) is 26.0 Å². The first-order chi connectivity index (χ1) is 17.0. The van der Waals surface area contributed by atoms with Crippen LogP contribution in [-0.2, 0) is 34.7 Å². The van der Waals surface area contributed by atoms with Crippen LogP contribution in [0.1, 0.15) is 26.3 Å². The Kier molecular flexibility index (Phi) is 12.1. The van der Waals surface area contributed by atoms with E-state index in [4.69, 9.17) is 10.8 Å². The fourth-order valence-electron chi connectivity index (χ4n) is 3.12. The highest BCUT2D eigenvalue weighted by Gasteiger charge is 2.37. The summed E-state index contributed by atoms with van der Waals surface area (Å²) in [6, 6.07) is -0.419. The number of phenolic OH excluding ortho intramolecular Hbond substituents is 1. The number of hydrogen-bond donors (Lipinski definition) is 9. The minimum absolute atomic E-state index is 0.0608. The Bertz CT molecular complexity index is 999. The standard InChI is InChI=1S/C21H33N4O11P/c1-10(2)16(21(31)32)24-20(30)17(11(3)36-37(33,34)35)25-19(29)15(23-18(28)14(22)9-26)8-12-4-6-13(27)7-5-12/h4-7,10-11,14-17,26-27H,8-9,22H2,1-3H3,(H,23,28)(H,24,30)(H,25,29)(H,31,32)(H2,33,34,35)/t11-,14+,15+,16+,17+/m1/s1. The number of aliphatic carboxylic acids is 1. The number of carboxylic acids is 1. The minimum Gasteiger partial charge on any atom is -0.508 e. The maximum absolute atomic E-state index is 13.2. The van der Waals surface area contributed by atoms with E-state index >= 15 is 0 Å². The molecule has 0 aliphatic rings. The number of carbonyl (C=O) groups excluding carboxylic acids is 3. The second kappa shape index (κ2) is 14.0. The van der Waals surface area contributed by atoms with Crippen molar-refractivity contribution in [3.63, 3.8) is 0 Å².